The Labute approximate surface area is 215 Å². The molecule has 2 amide bonds. The number of carbonyl (C=O) groups is 3. The smallest absolute Gasteiger partial charge is 0.352 e. The number of nitrogens with zero attached hydrogens (tertiary/aromatic N) is 8. The molecule has 1 saturated heterocycles. The molecule has 4 heterocycles. The number of thioether (sulfide) groups is 2. The summed E-state index contributed by atoms with van der Waals surface area (Å²) in [5.41, 5.74) is -0.446. The van der Waals surface area contributed by atoms with Crippen molar-refractivity contribution in [1.29, 1.82) is 0 Å². The normalized spacial score (nSPS) is 21.5. The molecule has 1 fully saturated rings. The van der Waals surface area contributed by atoms with Crippen molar-refractivity contribution in [2.45, 2.75) is 49.5 Å². The number of methoxy groups -OCH3 is 1. The number of nitrogens with one attached hydrogen (secondary N) is 1. The minimum Gasteiger partial charge on any atom is -0.477 e. The molecule has 194 valence electrons. The Morgan fingerprint density at radius 3 is 2.78 bits per heavy atom. The van der Waals surface area contributed by atoms with E-state index in [0.29, 0.717) is 22.4 Å². The topological polar surface area (TPSA) is 170 Å². The Hall–Kier alpha value is -2.98. The lowest BCUT2D eigenvalue weighted by molar-refractivity contribution is -0.192. The lowest BCUT2D eigenvalue weighted by Gasteiger charge is -2.55. The van der Waals surface area contributed by atoms with Crippen molar-refractivity contribution in [3.8, 4) is 0 Å². The lowest BCUT2D eigenvalue weighted by Crippen LogP contribution is -2.80. The first-order valence-corrected chi connectivity index (χ1v) is 13.2. The standard InChI is InChI=1S/C20H27N9O5S2/c1-11(2)5-6-13-7-28(25-22-13)8-14(30)21-20(34-4)17(33)29-15(16(31)32)12(9-35-18(20)29)10-36-19-23-24-26-27(19)3/h7,11,18H,5-6,8-10H2,1-4H3,(H,21,30)(H,31,32)/t18-,20+/m1/s1. The van der Waals surface area contributed by atoms with E-state index in [0.717, 1.165) is 18.5 Å². The van der Waals surface area contributed by atoms with Gasteiger partial charge in [-0.25, -0.2) is 14.2 Å². The predicted octanol–water partition coefficient (Wildman–Crippen LogP) is -0.105. The number of carbonyl (C=O) groups excluding carboxylic acids is 2. The van der Waals surface area contributed by atoms with Crippen LogP contribution in [-0.2, 0) is 39.1 Å². The SMILES string of the molecule is CO[C@@]1(NC(=O)Cn2cc(CCC(C)C)nn2)C(=O)N2C(C(=O)O)=C(CSc3nnnn3C)CS[C@@H]21. The number of tetrazole rings is 1. The molecule has 2 aromatic rings. The number of aryl methyl sites for hydroxylation is 2. The fraction of sp³-hybridized carbons (Fsp3) is 0.600. The van der Waals surface area contributed by atoms with E-state index in [1.165, 1.54) is 44.9 Å². The maximum atomic E-state index is 13.2. The van der Waals surface area contributed by atoms with Gasteiger partial charge in [0.15, 0.2) is 0 Å². The molecule has 0 unspecified atom stereocenters. The molecular formula is C20H27N9O5S2. The molecule has 0 saturated carbocycles. The van der Waals surface area contributed by atoms with E-state index in [4.69, 9.17) is 4.74 Å². The first-order valence-electron chi connectivity index (χ1n) is 11.2. The second kappa shape index (κ2) is 10.6. The van der Waals surface area contributed by atoms with Crippen LogP contribution in [0, 0.1) is 5.92 Å². The van der Waals surface area contributed by atoms with Crippen LogP contribution in [0.15, 0.2) is 22.6 Å². The highest BCUT2D eigenvalue weighted by Crippen LogP contribution is 2.47. The molecule has 2 N–H and O–H groups in total. The minimum absolute atomic E-state index is 0.112. The third-order valence-corrected chi connectivity index (χ3v) is 8.26. The summed E-state index contributed by atoms with van der Waals surface area (Å²) in [4.78, 5) is 39.3. The summed E-state index contributed by atoms with van der Waals surface area (Å²) >= 11 is 2.59. The van der Waals surface area contributed by atoms with Crippen LogP contribution >= 0.6 is 23.5 Å². The maximum absolute atomic E-state index is 13.2. The summed E-state index contributed by atoms with van der Waals surface area (Å²) in [7, 11) is 2.99. The average Bonchev–Trinajstić information content (AvgIpc) is 3.46. The van der Waals surface area contributed by atoms with Gasteiger partial charge in [0.1, 0.15) is 17.6 Å². The summed E-state index contributed by atoms with van der Waals surface area (Å²) in [5, 5.41) is 31.6. The largest absolute Gasteiger partial charge is 0.477 e. The van der Waals surface area contributed by atoms with Crippen molar-refractivity contribution in [2.24, 2.45) is 13.0 Å². The predicted molar refractivity (Wildman–Crippen MR) is 128 cm³/mol. The van der Waals surface area contributed by atoms with Gasteiger partial charge in [-0.15, -0.1) is 22.0 Å². The van der Waals surface area contributed by atoms with Crippen molar-refractivity contribution in [3.05, 3.63) is 23.2 Å². The minimum atomic E-state index is -1.67. The number of aliphatic carboxylic acids is 1. The van der Waals surface area contributed by atoms with Crippen LogP contribution < -0.4 is 5.32 Å². The molecule has 0 radical (unpaired) electrons. The van der Waals surface area contributed by atoms with Crippen molar-refractivity contribution in [3.63, 3.8) is 0 Å². The third-order valence-electron chi connectivity index (χ3n) is 5.79. The summed E-state index contributed by atoms with van der Waals surface area (Å²) < 4.78 is 8.38. The van der Waals surface area contributed by atoms with Crippen LogP contribution in [0.3, 0.4) is 0 Å². The Kier molecular flexibility index (Phi) is 7.65. The Bertz CT molecular complexity index is 1200. The van der Waals surface area contributed by atoms with E-state index >= 15 is 0 Å². The van der Waals surface area contributed by atoms with Crippen LogP contribution in [0.25, 0.3) is 0 Å². The zero-order valence-corrected chi connectivity index (χ0v) is 21.9. The molecule has 36 heavy (non-hydrogen) atoms. The highest BCUT2D eigenvalue weighted by atomic mass is 32.2. The molecular weight excluding hydrogens is 510 g/mol. The highest BCUT2D eigenvalue weighted by Gasteiger charge is 2.66. The van der Waals surface area contributed by atoms with Gasteiger partial charge in [-0.3, -0.25) is 14.5 Å². The van der Waals surface area contributed by atoms with Crippen LogP contribution in [0.2, 0.25) is 0 Å². The lowest BCUT2D eigenvalue weighted by atomic mass is 9.98. The van der Waals surface area contributed by atoms with Gasteiger partial charge in [-0.1, -0.05) is 30.8 Å². The molecule has 14 nitrogen and oxygen atoms in total. The Morgan fingerprint density at radius 2 is 2.14 bits per heavy atom. The van der Waals surface area contributed by atoms with Crippen LogP contribution in [-0.4, -0.2) is 92.7 Å². The Morgan fingerprint density at radius 1 is 1.36 bits per heavy atom. The first kappa shape index (κ1) is 26.1. The van der Waals surface area contributed by atoms with Gasteiger partial charge < -0.3 is 15.2 Å². The fourth-order valence-electron chi connectivity index (χ4n) is 3.91. The molecule has 16 heteroatoms. The second-order valence-electron chi connectivity index (χ2n) is 8.80. The van der Waals surface area contributed by atoms with Gasteiger partial charge in [-0.05, 0) is 34.8 Å². The number of aromatic nitrogens is 7. The maximum Gasteiger partial charge on any atom is 0.352 e. The molecule has 0 bridgehead atoms. The van der Waals surface area contributed by atoms with E-state index in [1.807, 2.05) is 0 Å². The molecule has 0 aromatic carbocycles. The van der Waals surface area contributed by atoms with Gasteiger partial charge in [0.2, 0.25) is 11.1 Å². The number of amides is 2. The molecule has 2 aromatic heterocycles. The van der Waals surface area contributed by atoms with Crippen LogP contribution in [0.1, 0.15) is 26.0 Å². The molecule has 2 atom stereocenters. The Balaban J connectivity index is 1.45. The number of hydrogen-bond donors (Lipinski definition) is 2. The zero-order valence-electron chi connectivity index (χ0n) is 20.2. The van der Waals surface area contributed by atoms with E-state index in [1.54, 1.807) is 13.2 Å². The molecule has 2 aliphatic rings. The van der Waals surface area contributed by atoms with Crippen molar-refractivity contribution < 1.29 is 24.2 Å². The zero-order chi connectivity index (χ0) is 26.0. The van der Waals surface area contributed by atoms with Crippen LogP contribution in [0.5, 0.6) is 0 Å². The summed E-state index contributed by atoms with van der Waals surface area (Å²) in [6.07, 6.45) is 3.41. The summed E-state index contributed by atoms with van der Waals surface area (Å²) in [6, 6.07) is 0. The first-order chi connectivity index (χ1) is 17.2. The van der Waals surface area contributed by atoms with Crippen molar-refractivity contribution in [1.82, 2.24) is 45.4 Å². The number of ether oxygens (including phenoxy) is 1. The van der Waals surface area contributed by atoms with Gasteiger partial charge in [-0.2, -0.15) is 0 Å². The number of hydrogen-bond acceptors (Lipinski definition) is 11. The van der Waals surface area contributed by atoms with Gasteiger partial charge in [0.05, 0.1) is 5.69 Å². The molecule has 2 aliphatic heterocycles. The second-order valence-corrected chi connectivity index (χ2v) is 10.8. The molecule has 4 rings (SSSR count). The summed E-state index contributed by atoms with van der Waals surface area (Å²) in [5.74, 6) is -1.23. The number of carboxylic acid groups (broad SMARTS) is 1. The quantitative estimate of drug-likeness (QED) is 0.222. The highest BCUT2D eigenvalue weighted by molar-refractivity contribution is 8.01. The monoisotopic (exact) mass is 537 g/mol. The molecule has 0 aliphatic carbocycles. The third kappa shape index (κ3) is 4.97. The van der Waals surface area contributed by atoms with E-state index < -0.39 is 28.9 Å². The van der Waals surface area contributed by atoms with E-state index in [-0.39, 0.29) is 18.0 Å². The average molecular weight is 538 g/mol. The number of fused-ring (bicyclic) bond motifs is 1. The molecule has 0 spiro atoms. The summed E-state index contributed by atoms with van der Waals surface area (Å²) in [6.45, 7) is 4.08. The fourth-order valence-corrected chi connectivity index (χ4v) is 6.34. The van der Waals surface area contributed by atoms with Crippen molar-refractivity contribution >= 4 is 41.3 Å². The number of rotatable bonds is 11. The van der Waals surface area contributed by atoms with Gasteiger partial charge >= 0.3 is 5.97 Å². The number of carboxylic acids is 1. The van der Waals surface area contributed by atoms with E-state index in [9.17, 15) is 19.5 Å². The van der Waals surface area contributed by atoms with Gasteiger partial charge in [0, 0.05) is 31.9 Å². The van der Waals surface area contributed by atoms with Crippen LogP contribution in [0.4, 0.5) is 0 Å². The van der Waals surface area contributed by atoms with Gasteiger partial charge in [0.25, 0.3) is 11.6 Å². The number of β-lactam (4-membered cyclic amide) rings is 1. The van der Waals surface area contributed by atoms with Crippen molar-refractivity contribution in [2.75, 3.05) is 18.6 Å². The van der Waals surface area contributed by atoms with E-state index in [2.05, 4.69) is 45.0 Å².